The molecule has 33 heavy (non-hydrogen) atoms. The zero-order valence-corrected chi connectivity index (χ0v) is 23.0. The molecule has 0 amide bonds. The van der Waals surface area contributed by atoms with Crippen molar-refractivity contribution in [1.29, 1.82) is 0 Å². The maximum Gasteiger partial charge on any atom is 0.134 e. The second-order valence-corrected chi connectivity index (χ2v) is 14.0. The lowest BCUT2D eigenvalue weighted by Crippen LogP contribution is -2.45. The number of hydrogen-bond acceptors (Lipinski definition) is 0. The van der Waals surface area contributed by atoms with Crippen LogP contribution in [0.1, 0.15) is 116 Å². The van der Waals surface area contributed by atoms with Gasteiger partial charge in [0.25, 0.3) is 0 Å². The van der Waals surface area contributed by atoms with Gasteiger partial charge in [0.2, 0.25) is 0 Å². The van der Waals surface area contributed by atoms with Crippen LogP contribution in [0.15, 0.2) is 0 Å². The van der Waals surface area contributed by atoms with E-state index in [2.05, 4.69) is 29.5 Å². The Kier molecular flexibility index (Phi) is 10.2. The Hall–Kier alpha value is 0.520. The van der Waals surface area contributed by atoms with Gasteiger partial charge in [0, 0.05) is 3.92 Å². The second kappa shape index (κ2) is 12.7. The molecule has 192 valence electrons. The van der Waals surface area contributed by atoms with Gasteiger partial charge in [0.05, 0.1) is 0 Å². The summed E-state index contributed by atoms with van der Waals surface area (Å²) in [7, 11) is 0. The summed E-state index contributed by atoms with van der Waals surface area (Å²) in [6.45, 7) is 2.25. The van der Waals surface area contributed by atoms with Gasteiger partial charge >= 0.3 is 0 Å². The third-order valence-electron chi connectivity index (χ3n) is 10.4. The van der Waals surface area contributed by atoms with Crippen LogP contribution in [0.5, 0.6) is 0 Å². The van der Waals surface area contributed by atoms with Gasteiger partial charge in [-0.15, -0.1) is 0 Å². The molecule has 0 spiro atoms. The monoisotopic (exact) mass is 580 g/mol. The van der Waals surface area contributed by atoms with Crippen LogP contribution >= 0.6 is 22.6 Å². The fraction of sp³-hybridized carbons (Fsp3) is 1.00. The first kappa shape index (κ1) is 26.6. The molecule has 0 aliphatic heterocycles. The molecule has 0 radical (unpaired) electrons. The fourth-order valence-corrected chi connectivity index (χ4v) is 8.93. The molecule has 4 aliphatic carbocycles. The van der Waals surface area contributed by atoms with Crippen molar-refractivity contribution in [3.63, 3.8) is 0 Å². The van der Waals surface area contributed by atoms with Gasteiger partial charge in [-0.25, -0.2) is 13.2 Å². The summed E-state index contributed by atoms with van der Waals surface area (Å²) < 4.78 is 45.0. The first-order valence-corrected chi connectivity index (χ1v) is 15.8. The van der Waals surface area contributed by atoms with E-state index in [9.17, 15) is 4.39 Å². The van der Waals surface area contributed by atoms with Crippen molar-refractivity contribution < 1.29 is 13.2 Å². The number of rotatable bonds is 7. The zero-order valence-electron chi connectivity index (χ0n) is 20.9. The maximum absolute atomic E-state index is 15.4. The van der Waals surface area contributed by atoms with Gasteiger partial charge in [0.15, 0.2) is 0 Å². The van der Waals surface area contributed by atoms with E-state index >= 15 is 8.78 Å². The molecular weight excluding hydrogens is 532 g/mol. The third-order valence-corrected chi connectivity index (χ3v) is 11.8. The predicted octanol–water partition coefficient (Wildman–Crippen LogP) is 9.82. The largest absolute Gasteiger partial charge is 0.246 e. The molecule has 0 aromatic rings. The normalized spacial score (nSPS) is 47.4. The van der Waals surface area contributed by atoms with Crippen molar-refractivity contribution in [2.45, 2.75) is 139 Å². The van der Waals surface area contributed by atoms with Crippen molar-refractivity contribution in [2.75, 3.05) is 0 Å². The molecule has 4 rings (SSSR count). The van der Waals surface area contributed by atoms with E-state index in [4.69, 9.17) is 0 Å². The minimum Gasteiger partial charge on any atom is -0.246 e. The number of hydrogen-bond donors (Lipinski definition) is 0. The smallest absolute Gasteiger partial charge is 0.134 e. The molecule has 0 aromatic heterocycles. The van der Waals surface area contributed by atoms with E-state index in [-0.39, 0.29) is 15.8 Å². The van der Waals surface area contributed by atoms with Crippen LogP contribution in [0.3, 0.4) is 0 Å². The van der Waals surface area contributed by atoms with Crippen LogP contribution in [0.25, 0.3) is 0 Å². The van der Waals surface area contributed by atoms with Crippen LogP contribution in [0.2, 0.25) is 0 Å². The standard InChI is InChI=1S/C29H48F3I/c1-2-3-19-6-11-22(12-7-19)24-15-16-25(29(32)28(24)31)23-13-8-20(9-14-23)4-5-21-10-17-27(33)26(30)18-21/h19-29H,2-18H2,1H3/t19?,20?,21?,22?,23?,24?,25?,26?,27?,28?,29-/m0/s1. The van der Waals surface area contributed by atoms with Crippen LogP contribution in [-0.4, -0.2) is 22.4 Å². The summed E-state index contributed by atoms with van der Waals surface area (Å²) in [6, 6.07) is 0. The molecule has 0 nitrogen and oxygen atoms in total. The summed E-state index contributed by atoms with van der Waals surface area (Å²) >= 11 is 2.28. The maximum atomic E-state index is 15.4. The summed E-state index contributed by atoms with van der Waals surface area (Å²) in [5, 5.41) is 0. The Morgan fingerprint density at radius 3 is 1.52 bits per heavy atom. The quantitative estimate of drug-likeness (QED) is 0.208. The van der Waals surface area contributed by atoms with Gasteiger partial charge < -0.3 is 0 Å². The van der Waals surface area contributed by atoms with Crippen LogP contribution in [-0.2, 0) is 0 Å². The lowest BCUT2D eigenvalue weighted by atomic mass is 9.63. The molecule has 4 saturated carbocycles. The molecule has 4 heteroatoms. The Balaban J connectivity index is 1.18. The van der Waals surface area contributed by atoms with E-state index in [1.54, 1.807) is 0 Å². The van der Waals surface area contributed by atoms with E-state index in [1.807, 2.05) is 0 Å². The molecule has 7 atom stereocenters. The average Bonchev–Trinajstić information content (AvgIpc) is 2.83. The molecule has 0 N–H and O–H groups in total. The zero-order chi connectivity index (χ0) is 23.4. The molecule has 4 fully saturated rings. The summed E-state index contributed by atoms with van der Waals surface area (Å²) in [5.74, 6) is 2.88. The Bertz CT molecular complexity index is 569. The van der Waals surface area contributed by atoms with Crippen molar-refractivity contribution in [2.24, 2.45) is 41.4 Å². The highest BCUT2D eigenvalue weighted by Crippen LogP contribution is 2.49. The van der Waals surface area contributed by atoms with Gasteiger partial charge in [-0.05, 0) is 99.2 Å². The van der Waals surface area contributed by atoms with Crippen LogP contribution < -0.4 is 0 Å². The lowest BCUT2D eigenvalue weighted by molar-refractivity contribution is -0.0371. The first-order valence-electron chi connectivity index (χ1n) is 14.5. The molecule has 0 aromatic carbocycles. The van der Waals surface area contributed by atoms with Crippen molar-refractivity contribution in [3.05, 3.63) is 0 Å². The van der Waals surface area contributed by atoms with E-state index in [0.717, 1.165) is 63.2 Å². The number of alkyl halides is 4. The highest BCUT2D eigenvalue weighted by molar-refractivity contribution is 14.1. The minimum atomic E-state index is -1.23. The molecule has 0 saturated heterocycles. The van der Waals surface area contributed by atoms with E-state index in [1.165, 1.54) is 57.8 Å². The van der Waals surface area contributed by atoms with Crippen molar-refractivity contribution in [3.8, 4) is 0 Å². The van der Waals surface area contributed by atoms with Gasteiger partial charge in [-0.2, -0.15) is 0 Å². The minimum absolute atomic E-state index is 0.0212. The molecule has 6 unspecified atom stereocenters. The average molecular weight is 581 g/mol. The fourth-order valence-electron chi connectivity index (χ4n) is 8.28. The highest BCUT2D eigenvalue weighted by atomic mass is 127. The summed E-state index contributed by atoms with van der Waals surface area (Å²) in [6.07, 6.45) is 15.9. The molecular formula is C29H48F3I. The SMILES string of the molecule is CCCC1CCC(C2CCC(C3CCC(CCC4CCC(I)C(F)C4)CC3)[C@H](F)C2F)CC1. The molecule has 4 aliphatic rings. The van der Waals surface area contributed by atoms with Crippen LogP contribution in [0, 0.1) is 41.4 Å². The van der Waals surface area contributed by atoms with Gasteiger partial charge in [0.1, 0.15) is 18.5 Å². The highest BCUT2D eigenvalue weighted by Gasteiger charge is 2.46. The van der Waals surface area contributed by atoms with Gasteiger partial charge in [-0.1, -0.05) is 80.9 Å². The first-order chi connectivity index (χ1) is 16.0. The van der Waals surface area contributed by atoms with Crippen LogP contribution in [0.4, 0.5) is 13.2 Å². The third kappa shape index (κ3) is 6.85. The Morgan fingerprint density at radius 2 is 1.03 bits per heavy atom. The lowest BCUT2D eigenvalue weighted by Gasteiger charge is -2.45. The topological polar surface area (TPSA) is 0 Å². The summed E-state index contributed by atoms with van der Waals surface area (Å²) in [4.78, 5) is 0. The van der Waals surface area contributed by atoms with Gasteiger partial charge in [-0.3, -0.25) is 0 Å². The second-order valence-electron chi connectivity index (χ2n) is 12.4. The number of halogens is 4. The Morgan fingerprint density at radius 1 is 0.576 bits per heavy atom. The van der Waals surface area contributed by atoms with E-state index in [0.29, 0.717) is 17.8 Å². The van der Waals surface area contributed by atoms with E-state index < -0.39 is 18.5 Å². The molecule has 0 bridgehead atoms. The molecule has 0 heterocycles. The van der Waals surface area contributed by atoms with Crippen molar-refractivity contribution in [1.82, 2.24) is 0 Å². The Labute approximate surface area is 215 Å². The summed E-state index contributed by atoms with van der Waals surface area (Å²) in [5.41, 5.74) is 0. The predicted molar refractivity (Wildman–Crippen MR) is 141 cm³/mol. The van der Waals surface area contributed by atoms with Crippen molar-refractivity contribution >= 4 is 22.6 Å².